The first kappa shape index (κ1) is 22.6. The molecule has 1 aliphatic heterocycles. The van der Waals surface area contributed by atoms with Gasteiger partial charge in [-0.1, -0.05) is 6.07 Å². The number of sulfonamides is 1. The molecule has 2 aromatic heterocycles. The summed E-state index contributed by atoms with van der Waals surface area (Å²) in [4.78, 5) is 37.1. The van der Waals surface area contributed by atoms with E-state index in [1.807, 2.05) is 22.4 Å². The van der Waals surface area contributed by atoms with Crippen molar-refractivity contribution >= 4 is 39.1 Å². The molecular weight excluding hydrogens is 422 g/mol. The molecule has 0 saturated carbocycles. The molecule has 0 aromatic carbocycles. The van der Waals surface area contributed by atoms with Gasteiger partial charge in [-0.05, 0) is 23.6 Å². The molecule has 29 heavy (non-hydrogen) atoms. The van der Waals surface area contributed by atoms with Gasteiger partial charge in [-0.15, -0.1) is 11.3 Å². The normalized spacial score (nSPS) is 15.2. The Hall–Kier alpha value is -2.67. The van der Waals surface area contributed by atoms with Crippen LogP contribution in [-0.4, -0.2) is 83.3 Å². The summed E-state index contributed by atoms with van der Waals surface area (Å²) in [5, 5.41) is 16.7. The molecule has 0 radical (unpaired) electrons. The van der Waals surface area contributed by atoms with Crippen LogP contribution >= 0.6 is 11.3 Å². The number of aliphatic carboxylic acids is 2. The van der Waals surface area contributed by atoms with Crippen molar-refractivity contribution < 1.29 is 33.0 Å². The van der Waals surface area contributed by atoms with E-state index < -0.39 is 22.0 Å². The number of carboxylic acids is 2. The van der Waals surface area contributed by atoms with Crippen LogP contribution in [0.15, 0.2) is 46.9 Å². The predicted molar refractivity (Wildman–Crippen MR) is 103 cm³/mol. The number of nitrogens with zero attached hydrogens (tertiary/aromatic N) is 3. The predicted octanol–water partition coefficient (Wildman–Crippen LogP) is 0.488. The number of hydrogen-bond acceptors (Lipinski definition) is 8. The summed E-state index contributed by atoms with van der Waals surface area (Å²) < 4.78 is 26.5. The van der Waals surface area contributed by atoms with Crippen LogP contribution in [0.4, 0.5) is 0 Å². The Kier molecular flexibility index (Phi) is 7.96. The molecule has 3 heterocycles. The lowest BCUT2D eigenvalue weighted by molar-refractivity contribution is -0.159. The lowest BCUT2D eigenvalue weighted by Gasteiger charge is -2.33. The van der Waals surface area contributed by atoms with Crippen LogP contribution in [-0.2, 0) is 19.6 Å². The molecule has 156 valence electrons. The zero-order valence-corrected chi connectivity index (χ0v) is 16.8. The molecule has 12 heteroatoms. The second kappa shape index (κ2) is 10.2. The smallest absolute Gasteiger partial charge is 0.414 e. The van der Waals surface area contributed by atoms with Crippen molar-refractivity contribution in [3.63, 3.8) is 0 Å². The van der Waals surface area contributed by atoms with Crippen molar-refractivity contribution in [2.45, 2.75) is 4.90 Å². The number of pyridine rings is 1. The van der Waals surface area contributed by atoms with Crippen LogP contribution < -0.4 is 0 Å². The minimum absolute atomic E-state index is 0.0866. The first-order valence-electron chi connectivity index (χ1n) is 8.37. The zero-order valence-electron chi connectivity index (χ0n) is 15.2. The van der Waals surface area contributed by atoms with Crippen molar-refractivity contribution in [1.29, 1.82) is 0 Å². The fraction of sp³-hybridized carbons (Fsp3) is 0.294. The summed E-state index contributed by atoms with van der Waals surface area (Å²) in [6.07, 6.45) is 2.91. The van der Waals surface area contributed by atoms with E-state index in [1.54, 1.807) is 18.3 Å². The molecule has 2 aromatic rings. The topological polar surface area (TPSA) is 145 Å². The number of piperazine rings is 1. The fourth-order valence-electron chi connectivity index (χ4n) is 2.49. The molecular formula is C17H19N3O7S2. The molecule has 3 rings (SSSR count). The van der Waals surface area contributed by atoms with Gasteiger partial charge in [-0.3, -0.25) is 14.7 Å². The Morgan fingerprint density at radius 2 is 1.69 bits per heavy atom. The number of rotatable bonds is 5. The highest BCUT2D eigenvalue weighted by Crippen LogP contribution is 2.17. The van der Waals surface area contributed by atoms with Gasteiger partial charge < -0.3 is 10.2 Å². The Morgan fingerprint density at radius 1 is 1.03 bits per heavy atom. The third kappa shape index (κ3) is 6.42. The standard InChI is InChI=1S/C15H17N3O3S2.C2H2O4/c19-14(15-4-2-10-22-15)12-17-6-8-18(9-7-17)23(20,21)13-3-1-5-16-11-13;3-1(4)2(5)6/h1-5,10-11H,6-9,12H2;(H,3,4)(H,5,6). The Morgan fingerprint density at radius 3 is 2.17 bits per heavy atom. The number of thiophene rings is 1. The maximum absolute atomic E-state index is 12.5. The largest absolute Gasteiger partial charge is 0.473 e. The summed E-state index contributed by atoms with van der Waals surface area (Å²) in [6, 6.07) is 6.84. The second-order valence-corrected chi connectivity index (χ2v) is 8.77. The molecule has 0 bridgehead atoms. The lowest BCUT2D eigenvalue weighted by atomic mass is 10.2. The van der Waals surface area contributed by atoms with Crippen LogP contribution in [0.5, 0.6) is 0 Å². The van der Waals surface area contributed by atoms with Crippen LogP contribution in [0, 0.1) is 0 Å². The van der Waals surface area contributed by atoms with Crippen molar-refractivity contribution in [2.75, 3.05) is 32.7 Å². The molecule has 10 nitrogen and oxygen atoms in total. The van der Waals surface area contributed by atoms with E-state index in [0.29, 0.717) is 32.7 Å². The summed E-state index contributed by atoms with van der Waals surface area (Å²) in [7, 11) is -3.50. The molecule has 0 unspecified atom stereocenters. The molecule has 0 atom stereocenters. The maximum atomic E-state index is 12.5. The molecule has 2 N–H and O–H groups in total. The quantitative estimate of drug-likeness (QED) is 0.500. The van der Waals surface area contributed by atoms with E-state index in [0.717, 1.165) is 4.88 Å². The van der Waals surface area contributed by atoms with Crippen molar-refractivity contribution in [2.24, 2.45) is 0 Å². The average molecular weight is 441 g/mol. The number of aromatic nitrogens is 1. The van der Waals surface area contributed by atoms with Crippen molar-refractivity contribution in [1.82, 2.24) is 14.2 Å². The van der Waals surface area contributed by atoms with Crippen LogP contribution in [0.2, 0.25) is 0 Å². The summed E-state index contributed by atoms with van der Waals surface area (Å²) >= 11 is 1.43. The van der Waals surface area contributed by atoms with Gasteiger partial charge in [-0.25, -0.2) is 18.0 Å². The summed E-state index contributed by atoms with van der Waals surface area (Å²) in [5.74, 6) is -3.56. The first-order chi connectivity index (χ1) is 13.7. The number of Topliss-reactive ketones (excluding diaryl/α,β-unsaturated/α-hetero) is 1. The molecule has 1 aliphatic rings. The third-order valence-corrected chi connectivity index (χ3v) is 6.74. The van der Waals surface area contributed by atoms with Crippen LogP contribution in [0.1, 0.15) is 9.67 Å². The van der Waals surface area contributed by atoms with E-state index in [1.165, 1.54) is 21.8 Å². The number of carbonyl (C=O) groups is 3. The van der Waals surface area contributed by atoms with Gasteiger partial charge in [0.05, 0.1) is 11.4 Å². The van der Waals surface area contributed by atoms with Crippen molar-refractivity contribution in [3.8, 4) is 0 Å². The number of ketones is 1. The molecule has 1 fully saturated rings. The van der Waals surface area contributed by atoms with Crippen LogP contribution in [0.3, 0.4) is 0 Å². The Labute approximate surface area is 171 Å². The van der Waals surface area contributed by atoms with Gasteiger partial charge >= 0.3 is 11.9 Å². The molecule has 0 spiro atoms. The maximum Gasteiger partial charge on any atom is 0.414 e. The minimum atomic E-state index is -3.50. The minimum Gasteiger partial charge on any atom is -0.473 e. The first-order valence-corrected chi connectivity index (χ1v) is 10.7. The van der Waals surface area contributed by atoms with Gasteiger partial charge in [0.1, 0.15) is 4.90 Å². The monoisotopic (exact) mass is 441 g/mol. The SMILES string of the molecule is O=C(CN1CCN(S(=O)(=O)c2cccnc2)CC1)c1cccs1.O=C(O)C(=O)O. The van der Waals surface area contributed by atoms with Gasteiger partial charge in [0.25, 0.3) is 0 Å². The molecule has 1 saturated heterocycles. The van der Waals surface area contributed by atoms with Crippen molar-refractivity contribution in [3.05, 3.63) is 46.9 Å². The highest BCUT2D eigenvalue weighted by atomic mass is 32.2. The van der Waals surface area contributed by atoms with Crippen LogP contribution in [0.25, 0.3) is 0 Å². The molecule has 0 aliphatic carbocycles. The van der Waals surface area contributed by atoms with Gasteiger partial charge in [0.2, 0.25) is 10.0 Å². The third-order valence-electron chi connectivity index (χ3n) is 3.95. The van der Waals surface area contributed by atoms with Gasteiger partial charge in [0, 0.05) is 38.6 Å². The number of hydrogen-bond donors (Lipinski definition) is 2. The fourth-order valence-corrected chi connectivity index (χ4v) is 4.54. The number of carboxylic acid groups (broad SMARTS) is 2. The highest BCUT2D eigenvalue weighted by Gasteiger charge is 2.29. The zero-order chi connectivity index (χ0) is 21.4. The second-order valence-electron chi connectivity index (χ2n) is 5.88. The lowest BCUT2D eigenvalue weighted by Crippen LogP contribution is -2.49. The molecule has 0 amide bonds. The summed E-state index contributed by atoms with van der Waals surface area (Å²) in [5.41, 5.74) is 0. The van der Waals surface area contributed by atoms with E-state index in [-0.39, 0.29) is 10.7 Å². The average Bonchev–Trinajstić information content (AvgIpc) is 3.24. The van der Waals surface area contributed by atoms with E-state index in [9.17, 15) is 13.2 Å². The Bertz CT molecular complexity index is 927. The Balaban J connectivity index is 0.000000438. The van der Waals surface area contributed by atoms with E-state index in [2.05, 4.69) is 4.98 Å². The van der Waals surface area contributed by atoms with E-state index in [4.69, 9.17) is 19.8 Å². The van der Waals surface area contributed by atoms with Gasteiger partial charge in [-0.2, -0.15) is 4.31 Å². The van der Waals surface area contributed by atoms with Gasteiger partial charge in [0.15, 0.2) is 5.78 Å². The number of carbonyl (C=O) groups excluding carboxylic acids is 1. The van der Waals surface area contributed by atoms with E-state index >= 15 is 0 Å². The highest BCUT2D eigenvalue weighted by molar-refractivity contribution is 7.89. The summed E-state index contributed by atoms with van der Waals surface area (Å²) in [6.45, 7) is 2.21.